The highest BCUT2D eigenvalue weighted by molar-refractivity contribution is 6.00. The van der Waals surface area contributed by atoms with Gasteiger partial charge in [-0.2, -0.15) is 0 Å². The Labute approximate surface area is 127 Å². The van der Waals surface area contributed by atoms with Crippen molar-refractivity contribution in [2.75, 3.05) is 7.11 Å². The summed E-state index contributed by atoms with van der Waals surface area (Å²) in [5.41, 5.74) is 0.600. The molecule has 2 rings (SSSR count). The van der Waals surface area contributed by atoms with Gasteiger partial charge >= 0.3 is 0 Å². The molecule has 114 valence electrons. The maximum absolute atomic E-state index is 11.7. The lowest BCUT2D eigenvalue weighted by atomic mass is 10.1. The van der Waals surface area contributed by atoms with E-state index in [1.165, 1.54) is 19.1 Å². The Bertz CT molecular complexity index is 694. The number of carbonyl (C=O) groups is 1. The Balaban J connectivity index is 2.23. The van der Waals surface area contributed by atoms with Gasteiger partial charge in [0.2, 0.25) is 0 Å². The Morgan fingerprint density at radius 1 is 1.18 bits per heavy atom. The Hall–Kier alpha value is -2.89. The second-order valence-electron chi connectivity index (χ2n) is 4.60. The predicted octanol–water partition coefficient (Wildman–Crippen LogP) is 3.39. The van der Waals surface area contributed by atoms with E-state index in [9.17, 15) is 14.9 Å². The quantitative estimate of drug-likeness (QED) is 0.464. The summed E-state index contributed by atoms with van der Waals surface area (Å²) in [5, 5.41) is 11.0. The molecule has 0 aromatic heterocycles. The van der Waals surface area contributed by atoms with Gasteiger partial charge in [-0.25, -0.2) is 0 Å². The molecule has 0 radical (unpaired) electrons. The Morgan fingerprint density at radius 2 is 1.86 bits per heavy atom. The number of ketones is 1. The van der Waals surface area contributed by atoms with E-state index in [-0.39, 0.29) is 23.6 Å². The highest BCUT2D eigenvalue weighted by Crippen LogP contribution is 2.29. The smallest absolute Gasteiger partial charge is 0.283 e. The lowest BCUT2D eigenvalue weighted by Gasteiger charge is -2.10. The molecule has 22 heavy (non-hydrogen) atoms. The molecular formula is C16H15NO5. The minimum atomic E-state index is -0.586. The van der Waals surface area contributed by atoms with Crippen LogP contribution in [0.25, 0.3) is 0 Å². The number of nitro benzene ring substituents is 1. The van der Waals surface area contributed by atoms with E-state index in [4.69, 9.17) is 9.47 Å². The summed E-state index contributed by atoms with van der Waals surface area (Å²) in [4.78, 5) is 22.1. The minimum Gasteiger partial charge on any atom is -0.497 e. The van der Waals surface area contributed by atoms with Crippen molar-refractivity contribution >= 4 is 11.5 Å². The molecule has 6 nitrogen and oxygen atoms in total. The second kappa shape index (κ2) is 6.71. The van der Waals surface area contributed by atoms with E-state index in [0.717, 1.165) is 11.3 Å². The van der Waals surface area contributed by atoms with Crippen LogP contribution in [0.1, 0.15) is 22.8 Å². The molecule has 0 fully saturated rings. The standard InChI is InChI=1S/C16H15NO5/c1-11(18)16-14(17(19)20)4-3-5-15(16)22-10-12-6-8-13(21-2)9-7-12/h3-9H,10H2,1-2H3. The molecular weight excluding hydrogens is 286 g/mol. The van der Waals surface area contributed by atoms with Gasteiger partial charge in [0.1, 0.15) is 23.7 Å². The van der Waals surface area contributed by atoms with Crippen LogP contribution in [0.2, 0.25) is 0 Å². The van der Waals surface area contributed by atoms with Gasteiger partial charge in [-0.3, -0.25) is 14.9 Å². The molecule has 0 atom stereocenters. The van der Waals surface area contributed by atoms with Crippen molar-refractivity contribution in [2.24, 2.45) is 0 Å². The summed E-state index contributed by atoms with van der Waals surface area (Å²) in [5.74, 6) is 0.526. The number of nitro groups is 1. The van der Waals surface area contributed by atoms with Gasteiger partial charge in [0.25, 0.3) is 5.69 Å². The lowest BCUT2D eigenvalue weighted by molar-refractivity contribution is -0.385. The molecule has 0 N–H and O–H groups in total. The van der Waals surface area contributed by atoms with E-state index < -0.39 is 10.7 Å². The van der Waals surface area contributed by atoms with Crippen LogP contribution < -0.4 is 9.47 Å². The van der Waals surface area contributed by atoms with E-state index >= 15 is 0 Å². The Kier molecular flexibility index (Phi) is 4.73. The van der Waals surface area contributed by atoms with Crippen molar-refractivity contribution in [3.8, 4) is 11.5 Å². The molecule has 0 saturated carbocycles. The fraction of sp³-hybridized carbons (Fsp3) is 0.188. The monoisotopic (exact) mass is 301 g/mol. The van der Waals surface area contributed by atoms with Crippen molar-refractivity contribution in [2.45, 2.75) is 13.5 Å². The van der Waals surface area contributed by atoms with Crippen LogP contribution in [0.4, 0.5) is 5.69 Å². The topological polar surface area (TPSA) is 78.7 Å². The molecule has 0 spiro atoms. The number of carbonyl (C=O) groups excluding carboxylic acids is 1. The fourth-order valence-electron chi connectivity index (χ4n) is 2.03. The van der Waals surface area contributed by atoms with Crippen molar-refractivity contribution in [1.29, 1.82) is 0 Å². The van der Waals surface area contributed by atoms with Crippen molar-refractivity contribution < 1.29 is 19.2 Å². The van der Waals surface area contributed by atoms with Gasteiger partial charge in [0, 0.05) is 6.07 Å². The van der Waals surface area contributed by atoms with Crippen LogP contribution in [0, 0.1) is 10.1 Å². The molecule has 2 aromatic carbocycles. The molecule has 6 heteroatoms. The van der Waals surface area contributed by atoms with Gasteiger partial charge in [-0.05, 0) is 30.7 Å². The third-order valence-electron chi connectivity index (χ3n) is 3.11. The molecule has 0 saturated heterocycles. The highest BCUT2D eigenvalue weighted by Gasteiger charge is 2.22. The summed E-state index contributed by atoms with van der Waals surface area (Å²) in [7, 11) is 1.58. The van der Waals surface area contributed by atoms with Crippen molar-refractivity contribution in [1.82, 2.24) is 0 Å². The predicted molar refractivity (Wildman–Crippen MR) is 80.4 cm³/mol. The number of ether oxygens (including phenoxy) is 2. The van der Waals surface area contributed by atoms with Crippen LogP contribution in [-0.4, -0.2) is 17.8 Å². The zero-order valence-corrected chi connectivity index (χ0v) is 12.2. The van der Waals surface area contributed by atoms with Gasteiger partial charge < -0.3 is 9.47 Å². The number of hydrogen-bond donors (Lipinski definition) is 0. The largest absolute Gasteiger partial charge is 0.497 e. The first-order valence-electron chi connectivity index (χ1n) is 6.57. The first-order chi connectivity index (χ1) is 10.5. The van der Waals surface area contributed by atoms with Gasteiger partial charge in [0.05, 0.1) is 12.0 Å². The third kappa shape index (κ3) is 3.41. The average Bonchev–Trinajstić information content (AvgIpc) is 2.52. The van der Waals surface area contributed by atoms with Crippen LogP contribution in [0.3, 0.4) is 0 Å². The first-order valence-corrected chi connectivity index (χ1v) is 6.57. The molecule has 0 aliphatic heterocycles. The van der Waals surface area contributed by atoms with Crippen molar-refractivity contribution in [3.63, 3.8) is 0 Å². The van der Waals surface area contributed by atoms with E-state index in [0.29, 0.717) is 0 Å². The third-order valence-corrected chi connectivity index (χ3v) is 3.11. The number of Topliss-reactive ketones (excluding diaryl/α,β-unsaturated/α-hetero) is 1. The maximum atomic E-state index is 11.7. The number of hydrogen-bond acceptors (Lipinski definition) is 5. The number of rotatable bonds is 6. The lowest BCUT2D eigenvalue weighted by Crippen LogP contribution is -2.05. The molecule has 0 bridgehead atoms. The van der Waals surface area contributed by atoms with Crippen LogP contribution >= 0.6 is 0 Å². The SMILES string of the molecule is COc1ccc(COc2cccc([N+](=O)[O-])c2C(C)=O)cc1. The second-order valence-corrected chi connectivity index (χ2v) is 4.60. The normalized spacial score (nSPS) is 10.1. The van der Waals surface area contributed by atoms with Crippen LogP contribution in [0.5, 0.6) is 11.5 Å². The molecule has 0 aliphatic carbocycles. The number of methoxy groups -OCH3 is 1. The number of nitrogens with zero attached hydrogens (tertiary/aromatic N) is 1. The van der Waals surface area contributed by atoms with E-state index in [2.05, 4.69) is 0 Å². The highest BCUT2D eigenvalue weighted by atomic mass is 16.6. The zero-order valence-electron chi connectivity index (χ0n) is 12.2. The average molecular weight is 301 g/mol. The van der Waals surface area contributed by atoms with E-state index in [1.807, 2.05) is 12.1 Å². The first kappa shape index (κ1) is 15.5. The summed E-state index contributed by atoms with van der Waals surface area (Å²) in [6.07, 6.45) is 0. The van der Waals surface area contributed by atoms with Crippen molar-refractivity contribution in [3.05, 3.63) is 63.7 Å². The summed E-state index contributed by atoms with van der Waals surface area (Å²) in [6.45, 7) is 1.48. The zero-order chi connectivity index (χ0) is 16.1. The molecule has 2 aromatic rings. The van der Waals surface area contributed by atoms with Gasteiger partial charge in [-0.15, -0.1) is 0 Å². The maximum Gasteiger partial charge on any atom is 0.283 e. The molecule has 0 aliphatic rings. The summed E-state index contributed by atoms with van der Waals surface area (Å²) >= 11 is 0. The van der Waals surface area contributed by atoms with Crippen LogP contribution in [0.15, 0.2) is 42.5 Å². The summed E-state index contributed by atoms with van der Waals surface area (Å²) < 4.78 is 10.6. The van der Waals surface area contributed by atoms with Crippen LogP contribution in [-0.2, 0) is 6.61 Å². The molecule has 0 heterocycles. The molecule has 0 amide bonds. The van der Waals surface area contributed by atoms with Gasteiger partial charge in [0.15, 0.2) is 5.78 Å². The fourth-order valence-corrected chi connectivity index (χ4v) is 2.03. The van der Waals surface area contributed by atoms with E-state index in [1.54, 1.807) is 25.3 Å². The minimum absolute atomic E-state index is 0.0130. The number of benzene rings is 2. The summed E-state index contributed by atoms with van der Waals surface area (Å²) in [6, 6.07) is 11.6. The van der Waals surface area contributed by atoms with Gasteiger partial charge in [-0.1, -0.05) is 18.2 Å². The Morgan fingerprint density at radius 3 is 2.41 bits per heavy atom. The molecule has 0 unspecified atom stereocenters.